The van der Waals surface area contributed by atoms with Crippen LogP contribution < -0.4 is 0 Å². The fourth-order valence-corrected chi connectivity index (χ4v) is 3.92. The Labute approximate surface area is 108 Å². The SMILES string of the molecule is Brc1c(-c2ccccn2)nc2n1[C@H]1CC[C@@H]2C1. The van der Waals surface area contributed by atoms with Crippen molar-refractivity contribution in [2.75, 3.05) is 0 Å². The predicted octanol–water partition coefficient (Wildman–Crippen LogP) is 3.53. The van der Waals surface area contributed by atoms with E-state index in [9.17, 15) is 0 Å². The molecule has 17 heavy (non-hydrogen) atoms. The van der Waals surface area contributed by atoms with E-state index in [-0.39, 0.29) is 0 Å². The van der Waals surface area contributed by atoms with Crippen molar-refractivity contribution >= 4 is 15.9 Å². The van der Waals surface area contributed by atoms with Crippen molar-refractivity contribution in [3.8, 4) is 11.4 Å². The van der Waals surface area contributed by atoms with Crippen molar-refractivity contribution in [3.05, 3.63) is 34.8 Å². The van der Waals surface area contributed by atoms with Gasteiger partial charge < -0.3 is 4.57 Å². The van der Waals surface area contributed by atoms with Gasteiger partial charge in [0, 0.05) is 18.2 Å². The molecule has 1 aliphatic heterocycles. The lowest BCUT2D eigenvalue weighted by Crippen LogP contribution is -2.06. The smallest absolute Gasteiger partial charge is 0.122 e. The third-order valence-corrected chi connectivity index (χ3v) is 4.68. The molecule has 2 aromatic heterocycles. The Morgan fingerprint density at radius 3 is 3.00 bits per heavy atom. The Morgan fingerprint density at radius 1 is 1.29 bits per heavy atom. The van der Waals surface area contributed by atoms with E-state index >= 15 is 0 Å². The summed E-state index contributed by atoms with van der Waals surface area (Å²) in [6.07, 6.45) is 5.70. The molecular weight excluding hydrogens is 278 g/mol. The molecule has 2 bridgehead atoms. The second-order valence-corrected chi connectivity index (χ2v) is 5.61. The van der Waals surface area contributed by atoms with Gasteiger partial charge in [0.2, 0.25) is 0 Å². The average molecular weight is 290 g/mol. The largest absolute Gasteiger partial charge is 0.319 e. The van der Waals surface area contributed by atoms with Crippen LogP contribution in [0.25, 0.3) is 11.4 Å². The van der Waals surface area contributed by atoms with Crippen molar-refractivity contribution in [1.29, 1.82) is 0 Å². The molecular formula is C13H12BrN3. The zero-order valence-electron chi connectivity index (χ0n) is 9.31. The van der Waals surface area contributed by atoms with E-state index in [2.05, 4.69) is 25.5 Å². The first-order chi connectivity index (χ1) is 8.34. The number of imidazole rings is 1. The highest BCUT2D eigenvalue weighted by atomic mass is 79.9. The third kappa shape index (κ3) is 1.27. The molecule has 0 N–H and O–H groups in total. The molecule has 2 aliphatic rings. The van der Waals surface area contributed by atoms with E-state index in [1.54, 1.807) is 0 Å². The normalized spacial score (nSPS) is 25.2. The first kappa shape index (κ1) is 9.83. The minimum Gasteiger partial charge on any atom is -0.319 e. The highest BCUT2D eigenvalue weighted by Gasteiger charge is 2.40. The number of nitrogens with zero attached hydrogens (tertiary/aromatic N) is 3. The molecule has 1 saturated carbocycles. The van der Waals surface area contributed by atoms with Crippen LogP contribution >= 0.6 is 15.9 Å². The summed E-state index contributed by atoms with van der Waals surface area (Å²) in [5, 5.41) is 0. The lowest BCUT2D eigenvalue weighted by Gasteiger charge is -2.13. The first-order valence-electron chi connectivity index (χ1n) is 6.03. The standard InChI is InChI=1S/C13H12BrN3/c14-12-11(10-3-1-2-6-15-10)16-13-8-4-5-9(7-8)17(12)13/h1-3,6,8-9H,4-5,7H2/t8-,9+/m1/s1. The molecule has 1 fully saturated rings. The van der Waals surface area contributed by atoms with Crippen LogP contribution in [-0.4, -0.2) is 14.5 Å². The average Bonchev–Trinajstić information content (AvgIpc) is 3.03. The van der Waals surface area contributed by atoms with Gasteiger partial charge in [-0.2, -0.15) is 0 Å². The Hall–Kier alpha value is -1.16. The molecule has 3 heterocycles. The van der Waals surface area contributed by atoms with Crippen LogP contribution in [0.15, 0.2) is 29.0 Å². The molecule has 4 heteroatoms. The van der Waals surface area contributed by atoms with Gasteiger partial charge in [0.15, 0.2) is 0 Å². The summed E-state index contributed by atoms with van der Waals surface area (Å²) >= 11 is 3.70. The lowest BCUT2D eigenvalue weighted by molar-refractivity contribution is 0.518. The van der Waals surface area contributed by atoms with Gasteiger partial charge in [-0.25, -0.2) is 4.98 Å². The van der Waals surface area contributed by atoms with Crippen molar-refractivity contribution in [2.45, 2.75) is 31.2 Å². The molecule has 0 radical (unpaired) electrons. The zero-order chi connectivity index (χ0) is 11.4. The fourth-order valence-electron chi connectivity index (χ4n) is 3.16. The monoisotopic (exact) mass is 289 g/mol. The Morgan fingerprint density at radius 2 is 2.24 bits per heavy atom. The Bertz CT molecular complexity index is 576. The summed E-state index contributed by atoms with van der Waals surface area (Å²) in [6, 6.07) is 6.62. The molecule has 1 aliphatic carbocycles. The number of hydrogen-bond donors (Lipinski definition) is 0. The molecule has 86 valence electrons. The summed E-state index contributed by atoms with van der Waals surface area (Å²) in [7, 11) is 0. The van der Waals surface area contributed by atoms with Crippen LogP contribution in [0.5, 0.6) is 0 Å². The first-order valence-corrected chi connectivity index (χ1v) is 6.83. The summed E-state index contributed by atoms with van der Waals surface area (Å²) in [5.41, 5.74) is 1.96. The number of rotatable bonds is 1. The number of fused-ring (bicyclic) bond motifs is 5. The maximum Gasteiger partial charge on any atom is 0.122 e. The molecule has 4 rings (SSSR count). The maximum absolute atomic E-state index is 4.80. The summed E-state index contributed by atoms with van der Waals surface area (Å²) < 4.78 is 3.48. The van der Waals surface area contributed by atoms with Crippen molar-refractivity contribution in [2.24, 2.45) is 0 Å². The lowest BCUT2D eigenvalue weighted by atomic mass is 10.1. The second kappa shape index (κ2) is 3.42. The van der Waals surface area contributed by atoms with E-state index in [0.717, 1.165) is 16.0 Å². The van der Waals surface area contributed by atoms with Crippen LogP contribution in [0.2, 0.25) is 0 Å². The highest BCUT2D eigenvalue weighted by Crippen LogP contribution is 2.51. The van der Waals surface area contributed by atoms with Crippen LogP contribution in [0, 0.1) is 0 Å². The molecule has 2 aromatic rings. The van der Waals surface area contributed by atoms with Gasteiger partial charge in [0.25, 0.3) is 0 Å². The summed E-state index contributed by atoms with van der Waals surface area (Å²) in [5.74, 6) is 1.93. The van der Waals surface area contributed by atoms with E-state index in [1.807, 2.05) is 24.4 Å². The highest BCUT2D eigenvalue weighted by molar-refractivity contribution is 9.10. The van der Waals surface area contributed by atoms with Crippen LogP contribution in [-0.2, 0) is 0 Å². The van der Waals surface area contributed by atoms with Gasteiger partial charge in [-0.3, -0.25) is 4.98 Å². The van der Waals surface area contributed by atoms with Crippen molar-refractivity contribution < 1.29 is 0 Å². The predicted molar refractivity (Wildman–Crippen MR) is 68.8 cm³/mol. The number of halogens is 1. The van der Waals surface area contributed by atoms with Crippen LogP contribution in [0.3, 0.4) is 0 Å². The number of aromatic nitrogens is 3. The van der Waals surface area contributed by atoms with E-state index in [1.165, 1.54) is 25.1 Å². The summed E-state index contributed by atoms with van der Waals surface area (Å²) in [6.45, 7) is 0. The maximum atomic E-state index is 4.80. The minimum absolute atomic E-state index is 0.661. The van der Waals surface area contributed by atoms with Gasteiger partial charge in [-0.1, -0.05) is 6.07 Å². The molecule has 0 unspecified atom stereocenters. The van der Waals surface area contributed by atoms with Crippen LogP contribution in [0.4, 0.5) is 0 Å². The van der Waals surface area contributed by atoms with Gasteiger partial charge in [-0.05, 0) is 47.3 Å². The molecule has 0 saturated heterocycles. The van der Waals surface area contributed by atoms with Crippen LogP contribution in [0.1, 0.15) is 37.0 Å². The topological polar surface area (TPSA) is 30.7 Å². The van der Waals surface area contributed by atoms with Crippen molar-refractivity contribution in [1.82, 2.24) is 14.5 Å². The Kier molecular flexibility index (Phi) is 1.98. The van der Waals surface area contributed by atoms with E-state index in [4.69, 9.17) is 4.98 Å². The molecule has 0 spiro atoms. The van der Waals surface area contributed by atoms with Gasteiger partial charge >= 0.3 is 0 Å². The molecule has 0 amide bonds. The quantitative estimate of drug-likeness (QED) is 0.804. The number of hydrogen-bond acceptors (Lipinski definition) is 2. The Balaban J connectivity index is 1.90. The zero-order valence-corrected chi connectivity index (χ0v) is 10.9. The molecule has 3 nitrogen and oxygen atoms in total. The number of pyridine rings is 1. The van der Waals surface area contributed by atoms with Gasteiger partial charge in [0.05, 0.1) is 5.69 Å². The second-order valence-electron chi connectivity index (χ2n) is 4.86. The van der Waals surface area contributed by atoms with E-state index in [0.29, 0.717) is 12.0 Å². The molecule has 2 atom stereocenters. The fraction of sp³-hybridized carbons (Fsp3) is 0.385. The molecule has 0 aromatic carbocycles. The van der Waals surface area contributed by atoms with Crippen molar-refractivity contribution in [3.63, 3.8) is 0 Å². The minimum atomic E-state index is 0.661. The van der Waals surface area contributed by atoms with Gasteiger partial charge in [0.1, 0.15) is 16.1 Å². The van der Waals surface area contributed by atoms with E-state index < -0.39 is 0 Å². The van der Waals surface area contributed by atoms with Gasteiger partial charge in [-0.15, -0.1) is 0 Å². The third-order valence-electron chi connectivity index (χ3n) is 3.92. The summed E-state index contributed by atoms with van der Waals surface area (Å²) in [4.78, 5) is 9.18.